The third kappa shape index (κ3) is 4.60. The summed E-state index contributed by atoms with van der Waals surface area (Å²) >= 11 is 0. The van der Waals surface area contributed by atoms with Crippen molar-refractivity contribution in [3.05, 3.63) is 88.5 Å². The summed E-state index contributed by atoms with van der Waals surface area (Å²) < 4.78 is 58.3. The van der Waals surface area contributed by atoms with Gasteiger partial charge in [-0.2, -0.15) is 18.3 Å². The van der Waals surface area contributed by atoms with Crippen LogP contribution < -0.4 is 0 Å². The summed E-state index contributed by atoms with van der Waals surface area (Å²) in [6.07, 6.45) is 3.56. The van der Waals surface area contributed by atoms with Gasteiger partial charge >= 0.3 is 6.18 Å². The molecule has 1 aliphatic rings. The normalized spacial score (nSPS) is 16.1. The van der Waals surface area contributed by atoms with Gasteiger partial charge in [-0.1, -0.05) is 0 Å². The Morgan fingerprint density at radius 2 is 1.89 bits per heavy atom. The van der Waals surface area contributed by atoms with Crippen molar-refractivity contribution in [2.45, 2.75) is 45.3 Å². The zero-order valence-electron chi connectivity index (χ0n) is 19.1. The highest BCUT2D eigenvalue weighted by Gasteiger charge is 2.37. The van der Waals surface area contributed by atoms with Gasteiger partial charge in [0.1, 0.15) is 11.6 Å². The van der Waals surface area contributed by atoms with Gasteiger partial charge in [-0.25, -0.2) is 19.0 Å². The molecule has 0 aliphatic carbocycles. The fourth-order valence-corrected chi connectivity index (χ4v) is 4.47. The summed E-state index contributed by atoms with van der Waals surface area (Å²) in [5.41, 5.74) is 2.37. The van der Waals surface area contributed by atoms with Crippen LogP contribution in [-0.2, 0) is 12.7 Å². The van der Waals surface area contributed by atoms with Crippen LogP contribution in [0.2, 0.25) is 0 Å². The second-order valence-electron chi connectivity index (χ2n) is 8.57. The van der Waals surface area contributed by atoms with Crippen LogP contribution in [0, 0.1) is 19.7 Å². The molecule has 0 bridgehead atoms. The van der Waals surface area contributed by atoms with E-state index in [0.717, 1.165) is 35.3 Å². The predicted octanol–water partition coefficient (Wildman–Crippen LogP) is 5.73. The highest BCUT2D eigenvalue weighted by atomic mass is 19.4. The zero-order chi connectivity index (χ0) is 24.7. The monoisotopic (exact) mass is 482 g/mol. The maximum absolute atomic E-state index is 13.9. The van der Waals surface area contributed by atoms with E-state index in [-0.39, 0.29) is 5.56 Å². The molecular formula is C25H22F4N6. The molecule has 0 unspecified atom stereocenters. The van der Waals surface area contributed by atoms with Gasteiger partial charge in [-0.3, -0.25) is 4.98 Å². The molecule has 0 N–H and O–H groups in total. The first-order valence-electron chi connectivity index (χ1n) is 11.2. The smallest absolute Gasteiger partial charge is 0.304 e. The summed E-state index contributed by atoms with van der Waals surface area (Å²) in [5, 5.41) is 4.45. The van der Waals surface area contributed by atoms with Crippen molar-refractivity contribution in [3.63, 3.8) is 0 Å². The SMILES string of the molecule is Cc1cn(-c2ccc(/C=C/c3nc4n(n3)CCC[C@H]4c3cc(F)ccc3C(F)(F)F)nc2C)cn1. The van der Waals surface area contributed by atoms with E-state index >= 15 is 0 Å². The summed E-state index contributed by atoms with van der Waals surface area (Å²) in [6, 6.07) is 6.39. The van der Waals surface area contributed by atoms with Gasteiger partial charge in [0.2, 0.25) is 0 Å². The van der Waals surface area contributed by atoms with Crippen molar-refractivity contribution < 1.29 is 17.6 Å². The quantitative estimate of drug-likeness (QED) is 0.349. The number of fused-ring (bicyclic) bond motifs is 1. The van der Waals surface area contributed by atoms with Gasteiger partial charge in [0, 0.05) is 18.7 Å². The van der Waals surface area contributed by atoms with Gasteiger partial charge in [0.05, 0.1) is 34.7 Å². The van der Waals surface area contributed by atoms with E-state index in [9.17, 15) is 17.6 Å². The van der Waals surface area contributed by atoms with Crippen molar-refractivity contribution in [1.29, 1.82) is 0 Å². The van der Waals surface area contributed by atoms with E-state index in [1.54, 1.807) is 23.2 Å². The molecule has 0 saturated heterocycles. The van der Waals surface area contributed by atoms with Crippen LogP contribution in [0.15, 0.2) is 42.9 Å². The van der Waals surface area contributed by atoms with E-state index in [0.29, 0.717) is 36.7 Å². The summed E-state index contributed by atoms with van der Waals surface area (Å²) in [5.74, 6) is -0.628. The number of rotatable bonds is 4. The number of hydrogen-bond acceptors (Lipinski definition) is 4. The minimum Gasteiger partial charge on any atom is -0.304 e. The Morgan fingerprint density at radius 3 is 2.60 bits per heavy atom. The lowest BCUT2D eigenvalue weighted by atomic mass is 9.87. The van der Waals surface area contributed by atoms with Gasteiger partial charge in [0.25, 0.3) is 0 Å². The summed E-state index contributed by atoms with van der Waals surface area (Å²) in [7, 11) is 0. The van der Waals surface area contributed by atoms with Crippen molar-refractivity contribution >= 4 is 12.2 Å². The molecule has 3 aromatic heterocycles. The lowest BCUT2D eigenvalue weighted by Gasteiger charge is -2.25. The van der Waals surface area contributed by atoms with Crippen LogP contribution >= 0.6 is 0 Å². The van der Waals surface area contributed by atoms with Crippen LogP contribution in [0.3, 0.4) is 0 Å². The predicted molar refractivity (Wildman–Crippen MR) is 122 cm³/mol. The highest BCUT2D eigenvalue weighted by Crippen LogP contribution is 2.40. The highest BCUT2D eigenvalue weighted by molar-refractivity contribution is 5.65. The fourth-order valence-electron chi connectivity index (χ4n) is 4.47. The molecule has 4 heterocycles. The molecule has 0 spiro atoms. The molecular weight excluding hydrogens is 460 g/mol. The van der Waals surface area contributed by atoms with E-state index < -0.39 is 23.5 Å². The first kappa shape index (κ1) is 22.9. The van der Waals surface area contributed by atoms with Crippen molar-refractivity contribution in [1.82, 2.24) is 29.3 Å². The van der Waals surface area contributed by atoms with Gasteiger partial charge in [-0.15, -0.1) is 0 Å². The topological polar surface area (TPSA) is 61.4 Å². The Labute approximate surface area is 199 Å². The molecule has 35 heavy (non-hydrogen) atoms. The van der Waals surface area contributed by atoms with E-state index in [2.05, 4.69) is 20.1 Å². The Kier molecular flexibility index (Phi) is 5.74. The van der Waals surface area contributed by atoms with Gasteiger partial charge in [0.15, 0.2) is 5.82 Å². The molecule has 0 fully saturated rings. The Bertz CT molecular complexity index is 1420. The molecule has 180 valence electrons. The number of nitrogens with zero attached hydrogens (tertiary/aromatic N) is 6. The Hall–Kier alpha value is -3.82. The second kappa shape index (κ2) is 8.75. The van der Waals surface area contributed by atoms with E-state index in [1.807, 2.05) is 36.7 Å². The maximum atomic E-state index is 13.9. The number of aryl methyl sites for hydroxylation is 3. The standard InChI is InChI=1S/C25H22F4N6/c1-15-13-34(14-30-15)22-9-6-18(31-16(22)2)7-10-23-32-24-19(4-3-11-35(24)33-23)20-12-17(26)5-8-21(20)25(27,28)29/h5-10,12-14,19H,3-4,11H2,1-2H3/b10-7+/t19-/m0/s1. The van der Waals surface area contributed by atoms with Crippen LogP contribution in [0.1, 0.15) is 58.6 Å². The number of benzene rings is 1. The maximum Gasteiger partial charge on any atom is 0.416 e. The molecule has 5 rings (SSSR count). The summed E-state index contributed by atoms with van der Waals surface area (Å²) in [6.45, 7) is 4.35. The second-order valence-corrected chi connectivity index (χ2v) is 8.57. The number of imidazole rings is 1. The Morgan fingerprint density at radius 1 is 1.06 bits per heavy atom. The largest absolute Gasteiger partial charge is 0.416 e. The van der Waals surface area contributed by atoms with Crippen LogP contribution in [0.25, 0.3) is 17.8 Å². The van der Waals surface area contributed by atoms with Gasteiger partial charge < -0.3 is 4.57 Å². The number of aromatic nitrogens is 6. The van der Waals surface area contributed by atoms with E-state index in [4.69, 9.17) is 0 Å². The van der Waals surface area contributed by atoms with Gasteiger partial charge in [-0.05, 0) is 74.7 Å². The fraction of sp³-hybridized carbons (Fsp3) is 0.280. The molecule has 6 nitrogen and oxygen atoms in total. The van der Waals surface area contributed by atoms with E-state index in [1.165, 1.54) is 0 Å². The molecule has 1 aromatic carbocycles. The Balaban J connectivity index is 1.44. The molecule has 10 heteroatoms. The third-order valence-corrected chi connectivity index (χ3v) is 6.06. The minimum atomic E-state index is -4.58. The van der Waals surface area contributed by atoms with Crippen molar-refractivity contribution in [3.8, 4) is 5.69 Å². The lowest BCUT2D eigenvalue weighted by molar-refractivity contribution is -0.138. The number of halogens is 4. The molecule has 0 radical (unpaired) electrons. The molecule has 0 amide bonds. The molecule has 1 aliphatic heterocycles. The minimum absolute atomic E-state index is 0.107. The average Bonchev–Trinajstić information content (AvgIpc) is 3.42. The molecule has 4 aromatic rings. The van der Waals surface area contributed by atoms with Crippen LogP contribution in [0.5, 0.6) is 0 Å². The first-order valence-corrected chi connectivity index (χ1v) is 11.2. The summed E-state index contributed by atoms with van der Waals surface area (Å²) in [4.78, 5) is 13.3. The third-order valence-electron chi connectivity index (χ3n) is 6.06. The van der Waals surface area contributed by atoms with Crippen molar-refractivity contribution in [2.24, 2.45) is 0 Å². The molecule has 0 saturated carbocycles. The number of alkyl halides is 3. The van der Waals surface area contributed by atoms with Crippen LogP contribution in [-0.4, -0.2) is 29.3 Å². The number of hydrogen-bond donors (Lipinski definition) is 0. The first-order chi connectivity index (χ1) is 16.7. The molecule has 1 atom stereocenters. The zero-order valence-corrected chi connectivity index (χ0v) is 19.1. The average molecular weight is 482 g/mol. The lowest BCUT2D eigenvalue weighted by Crippen LogP contribution is -2.21. The van der Waals surface area contributed by atoms with Crippen molar-refractivity contribution in [2.75, 3.05) is 0 Å². The number of pyridine rings is 1. The van der Waals surface area contributed by atoms with Crippen LogP contribution in [0.4, 0.5) is 17.6 Å².